The highest BCUT2D eigenvalue weighted by Gasteiger charge is 2.41. The van der Waals surface area contributed by atoms with Crippen LogP contribution in [-0.2, 0) is 11.2 Å². The number of nitrogens with one attached hydrogen (secondary N) is 1. The highest BCUT2D eigenvalue weighted by Crippen LogP contribution is 2.52. The standard InChI is InChI=1S/C27H32N2O5.ClH/c1-14(2)13-34-27(31)29-16-9-21-19-11-23(33-4)22(32-3)10-18(19)20-8-15-6-5-7-17(15)26(30)24(20)25(21)28-12-16;/h9-12,14-15,17,26,30H,5-8,13H2,1-4H3,(H,29,31);1H/t15?,17-,26-;/m0./s1. The number of methoxy groups -OCH3 is 2. The average Bonchev–Trinajstić information content (AvgIpc) is 3.31. The smallest absolute Gasteiger partial charge is 0.411 e. The van der Waals surface area contributed by atoms with Gasteiger partial charge in [-0.25, -0.2) is 4.79 Å². The fourth-order valence-electron chi connectivity index (χ4n) is 5.74. The third-order valence-electron chi connectivity index (χ3n) is 7.29. The minimum absolute atomic E-state index is 0. The van der Waals surface area contributed by atoms with Gasteiger partial charge in [-0.05, 0) is 71.6 Å². The Bertz CT molecular complexity index is 1260. The molecule has 5 rings (SSSR count). The Morgan fingerprint density at radius 3 is 2.51 bits per heavy atom. The highest BCUT2D eigenvalue weighted by atomic mass is 35.5. The molecule has 0 aliphatic heterocycles. The molecule has 35 heavy (non-hydrogen) atoms. The van der Waals surface area contributed by atoms with Gasteiger partial charge < -0.3 is 19.3 Å². The van der Waals surface area contributed by atoms with Crippen molar-refractivity contribution in [3.63, 3.8) is 0 Å². The van der Waals surface area contributed by atoms with E-state index in [1.54, 1.807) is 20.4 Å². The second-order valence-corrected chi connectivity index (χ2v) is 9.89. The lowest BCUT2D eigenvalue weighted by Gasteiger charge is -2.34. The Kier molecular flexibility index (Phi) is 7.29. The largest absolute Gasteiger partial charge is 0.493 e. The number of aliphatic hydroxyl groups is 1. The first kappa shape index (κ1) is 25.3. The first-order valence-corrected chi connectivity index (χ1v) is 12.0. The number of benzene rings is 2. The van der Waals surface area contributed by atoms with Crippen LogP contribution in [0.4, 0.5) is 10.5 Å². The molecule has 2 aliphatic carbocycles. The fraction of sp³-hybridized carbons (Fsp3) is 0.481. The summed E-state index contributed by atoms with van der Waals surface area (Å²) in [6, 6.07) is 5.87. The molecule has 2 aliphatic rings. The van der Waals surface area contributed by atoms with E-state index < -0.39 is 12.2 Å². The number of hydrogen-bond donors (Lipinski definition) is 2. The van der Waals surface area contributed by atoms with Crippen molar-refractivity contribution in [1.82, 2.24) is 4.98 Å². The zero-order chi connectivity index (χ0) is 24.0. The highest BCUT2D eigenvalue weighted by molar-refractivity contribution is 6.12. The summed E-state index contributed by atoms with van der Waals surface area (Å²) in [5.41, 5.74) is 3.37. The molecule has 0 spiro atoms. The molecular weight excluding hydrogens is 468 g/mol. The first-order valence-electron chi connectivity index (χ1n) is 12.0. The number of halogens is 1. The molecule has 0 radical (unpaired) electrons. The fourth-order valence-corrected chi connectivity index (χ4v) is 5.74. The van der Waals surface area contributed by atoms with Crippen LogP contribution in [0.1, 0.15) is 50.3 Å². The van der Waals surface area contributed by atoms with E-state index in [1.165, 1.54) is 0 Å². The van der Waals surface area contributed by atoms with Gasteiger partial charge in [0.15, 0.2) is 11.5 Å². The van der Waals surface area contributed by atoms with Crippen LogP contribution in [0.25, 0.3) is 21.7 Å². The molecule has 1 amide bonds. The van der Waals surface area contributed by atoms with Crippen molar-refractivity contribution in [3.05, 3.63) is 35.5 Å². The molecule has 0 saturated heterocycles. The average molecular weight is 501 g/mol. The van der Waals surface area contributed by atoms with Gasteiger partial charge in [-0.15, -0.1) is 12.4 Å². The maximum Gasteiger partial charge on any atom is 0.411 e. The van der Waals surface area contributed by atoms with E-state index in [4.69, 9.17) is 19.2 Å². The molecule has 1 fully saturated rings. The van der Waals surface area contributed by atoms with Crippen LogP contribution in [0, 0.1) is 17.8 Å². The van der Waals surface area contributed by atoms with Gasteiger partial charge in [0.1, 0.15) is 0 Å². The Morgan fingerprint density at radius 1 is 1.11 bits per heavy atom. The van der Waals surface area contributed by atoms with Crippen molar-refractivity contribution in [2.75, 3.05) is 26.1 Å². The van der Waals surface area contributed by atoms with Crippen molar-refractivity contribution in [2.24, 2.45) is 17.8 Å². The molecule has 2 N–H and O–H groups in total. The number of ether oxygens (including phenoxy) is 3. The summed E-state index contributed by atoms with van der Waals surface area (Å²) in [5.74, 6) is 2.27. The summed E-state index contributed by atoms with van der Waals surface area (Å²) in [6.45, 7) is 4.32. The lowest BCUT2D eigenvalue weighted by Crippen LogP contribution is -2.26. The van der Waals surface area contributed by atoms with Crippen LogP contribution in [0.5, 0.6) is 11.5 Å². The molecule has 2 aromatic carbocycles. The molecule has 1 unspecified atom stereocenters. The number of hydrogen-bond acceptors (Lipinski definition) is 6. The summed E-state index contributed by atoms with van der Waals surface area (Å²) >= 11 is 0. The number of anilines is 1. The van der Waals surface area contributed by atoms with E-state index in [2.05, 4.69) is 5.32 Å². The first-order chi connectivity index (χ1) is 16.4. The summed E-state index contributed by atoms with van der Waals surface area (Å²) < 4.78 is 16.5. The van der Waals surface area contributed by atoms with E-state index in [1.807, 2.05) is 32.0 Å². The quantitative estimate of drug-likeness (QED) is 0.415. The minimum Gasteiger partial charge on any atom is -0.493 e. The van der Waals surface area contributed by atoms with Gasteiger partial charge in [0.25, 0.3) is 0 Å². The number of aliphatic hydroxyl groups excluding tert-OH is 1. The van der Waals surface area contributed by atoms with Gasteiger partial charge in [-0.1, -0.05) is 20.3 Å². The third-order valence-corrected chi connectivity index (χ3v) is 7.29. The summed E-state index contributed by atoms with van der Waals surface area (Å²) in [7, 11) is 3.25. The van der Waals surface area contributed by atoms with Gasteiger partial charge in [0.05, 0.1) is 44.3 Å². The van der Waals surface area contributed by atoms with E-state index in [-0.39, 0.29) is 24.2 Å². The summed E-state index contributed by atoms with van der Waals surface area (Å²) in [4.78, 5) is 17.0. The van der Waals surface area contributed by atoms with Gasteiger partial charge in [-0.3, -0.25) is 10.3 Å². The molecule has 0 bridgehead atoms. The van der Waals surface area contributed by atoms with Crippen molar-refractivity contribution >= 4 is 45.9 Å². The zero-order valence-corrected chi connectivity index (χ0v) is 21.4. The second kappa shape index (κ2) is 10.1. The van der Waals surface area contributed by atoms with Gasteiger partial charge in [-0.2, -0.15) is 0 Å². The second-order valence-electron chi connectivity index (χ2n) is 9.89. The van der Waals surface area contributed by atoms with E-state index in [0.29, 0.717) is 29.7 Å². The summed E-state index contributed by atoms with van der Waals surface area (Å²) in [6.07, 6.45) is 4.82. The number of pyridine rings is 1. The Hall–Kier alpha value is -2.77. The van der Waals surface area contributed by atoms with E-state index >= 15 is 0 Å². The van der Waals surface area contributed by atoms with Crippen molar-refractivity contribution in [3.8, 4) is 11.5 Å². The number of amides is 1. The predicted molar refractivity (Wildman–Crippen MR) is 139 cm³/mol. The molecule has 1 aromatic heterocycles. The molecular formula is C27H33ClN2O5. The Morgan fingerprint density at radius 2 is 1.83 bits per heavy atom. The van der Waals surface area contributed by atoms with Crippen LogP contribution in [0.15, 0.2) is 24.4 Å². The maximum absolute atomic E-state index is 12.3. The Balaban J connectivity index is 0.00000289. The monoisotopic (exact) mass is 500 g/mol. The predicted octanol–water partition coefficient (Wildman–Crippen LogP) is 6.04. The molecule has 3 aromatic rings. The van der Waals surface area contributed by atoms with Gasteiger partial charge >= 0.3 is 6.09 Å². The number of carbonyl (C=O) groups excluding carboxylic acids is 1. The van der Waals surface area contributed by atoms with Crippen molar-refractivity contribution in [1.29, 1.82) is 0 Å². The minimum atomic E-state index is -0.557. The molecule has 1 heterocycles. The number of aromatic nitrogens is 1. The lowest BCUT2D eigenvalue weighted by molar-refractivity contribution is 0.0758. The van der Waals surface area contributed by atoms with E-state index in [9.17, 15) is 9.90 Å². The number of rotatable bonds is 5. The number of nitrogens with zero attached hydrogens (tertiary/aromatic N) is 1. The lowest BCUT2D eigenvalue weighted by atomic mass is 9.73. The third kappa shape index (κ3) is 4.47. The SMILES string of the molecule is COc1cc2c3c(c4ncc(NC(=O)OCC(C)C)cc4c2cc1OC)[C@@H](O)[C@H]1CCCC1C3.Cl. The number of carbonyl (C=O) groups is 1. The molecule has 188 valence electrons. The van der Waals surface area contributed by atoms with Crippen LogP contribution in [-0.4, -0.2) is 37.0 Å². The zero-order valence-electron chi connectivity index (χ0n) is 20.6. The topological polar surface area (TPSA) is 89.9 Å². The van der Waals surface area contributed by atoms with Crippen molar-refractivity contribution in [2.45, 2.75) is 45.6 Å². The molecule has 8 heteroatoms. The van der Waals surface area contributed by atoms with Crippen LogP contribution in [0.3, 0.4) is 0 Å². The van der Waals surface area contributed by atoms with Crippen LogP contribution in [0.2, 0.25) is 0 Å². The van der Waals surface area contributed by atoms with Crippen LogP contribution >= 0.6 is 12.4 Å². The van der Waals surface area contributed by atoms with Gasteiger partial charge in [0, 0.05) is 10.9 Å². The van der Waals surface area contributed by atoms with E-state index in [0.717, 1.165) is 58.5 Å². The molecule has 1 saturated carbocycles. The Labute approximate surface area is 211 Å². The van der Waals surface area contributed by atoms with Crippen LogP contribution < -0.4 is 14.8 Å². The molecule has 7 nitrogen and oxygen atoms in total. The number of fused-ring (bicyclic) bond motifs is 7. The summed E-state index contributed by atoms with van der Waals surface area (Å²) in [5, 5.41) is 17.1. The van der Waals surface area contributed by atoms with Crippen molar-refractivity contribution < 1.29 is 24.1 Å². The maximum atomic E-state index is 12.3. The normalized spacial score (nSPS) is 20.8. The van der Waals surface area contributed by atoms with Gasteiger partial charge in [0.2, 0.25) is 0 Å². The molecule has 3 atom stereocenters.